The molecule has 1 N–H and O–H groups in total. The van der Waals surface area contributed by atoms with Gasteiger partial charge in [0, 0.05) is 25.4 Å². The second kappa shape index (κ2) is 5.42. The highest BCUT2D eigenvalue weighted by Gasteiger charge is 2.37. The van der Waals surface area contributed by atoms with Crippen LogP contribution in [0.3, 0.4) is 0 Å². The van der Waals surface area contributed by atoms with E-state index in [1.54, 1.807) is 15.8 Å². The predicted octanol–water partition coefficient (Wildman–Crippen LogP) is 0.293. The van der Waals surface area contributed by atoms with Gasteiger partial charge in [-0.1, -0.05) is 20.3 Å². The molecule has 0 saturated carbocycles. The zero-order valence-electron chi connectivity index (χ0n) is 11.6. The number of amides is 2. The third kappa shape index (κ3) is 2.77. The van der Waals surface area contributed by atoms with Crippen LogP contribution in [0.25, 0.3) is 0 Å². The lowest BCUT2D eigenvalue weighted by Crippen LogP contribution is -2.60. The maximum Gasteiger partial charge on any atom is 0.243 e. The highest BCUT2D eigenvalue weighted by molar-refractivity contribution is 5.94. The van der Waals surface area contributed by atoms with E-state index in [0.29, 0.717) is 6.54 Å². The summed E-state index contributed by atoms with van der Waals surface area (Å²) < 4.78 is 1.70. The molecule has 2 atom stereocenters. The van der Waals surface area contributed by atoms with Gasteiger partial charge in [0.15, 0.2) is 0 Å². The minimum atomic E-state index is -0.383. The fourth-order valence-corrected chi connectivity index (χ4v) is 2.39. The minimum Gasteiger partial charge on any atom is -0.345 e. The number of hydrogen-bond donors (Lipinski definition) is 1. The van der Waals surface area contributed by atoms with E-state index >= 15 is 0 Å². The van der Waals surface area contributed by atoms with Crippen LogP contribution in [-0.2, 0) is 23.2 Å². The topological polar surface area (TPSA) is 67.2 Å². The van der Waals surface area contributed by atoms with E-state index in [1.807, 2.05) is 27.1 Å². The molecule has 0 radical (unpaired) electrons. The second-order valence-corrected chi connectivity index (χ2v) is 5.09. The van der Waals surface area contributed by atoms with Crippen LogP contribution in [0.2, 0.25) is 0 Å². The van der Waals surface area contributed by atoms with Gasteiger partial charge in [-0.05, 0) is 5.92 Å². The second-order valence-electron chi connectivity index (χ2n) is 5.09. The average molecular weight is 264 g/mol. The van der Waals surface area contributed by atoms with Crippen molar-refractivity contribution >= 4 is 11.8 Å². The van der Waals surface area contributed by atoms with Crippen molar-refractivity contribution in [1.82, 2.24) is 20.0 Å². The van der Waals surface area contributed by atoms with Crippen LogP contribution in [0.1, 0.15) is 25.8 Å². The van der Waals surface area contributed by atoms with Gasteiger partial charge in [-0.2, -0.15) is 5.10 Å². The number of carbonyl (C=O) groups excluding carboxylic acids is 2. The molecule has 6 heteroatoms. The summed E-state index contributed by atoms with van der Waals surface area (Å²) >= 11 is 0. The van der Waals surface area contributed by atoms with Gasteiger partial charge >= 0.3 is 0 Å². The van der Waals surface area contributed by atoms with E-state index in [0.717, 1.165) is 12.0 Å². The summed E-state index contributed by atoms with van der Waals surface area (Å²) in [7, 11) is 1.83. The largest absolute Gasteiger partial charge is 0.345 e. The van der Waals surface area contributed by atoms with E-state index in [4.69, 9.17) is 0 Å². The minimum absolute atomic E-state index is 0.0336. The van der Waals surface area contributed by atoms with Crippen molar-refractivity contribution in [2.24, 2.45) is 13.0 Å². The monoisotopic (exact) mass is 264 g/mol. The van der Waals surface area contributed by atoms with E-state index in [-0.39, 0.29) is 30.3 Å². The third-order valence-electron chi connectivity index (χ3n) is 3.63. The summed E-state index contributed by atoms with van der Waals surface area (Å²) in [6.07, 6.45) is 4.45. The van der Waals surface area contributed by atoms with Crippen molar-refractivity contribution in [2.75, 3.05) is 6.54 Å². The summed E-state index contributed by atoms with van der Waals surface area (Å²) in [5, 5.41) is 6.76. The number of aromatic nitrogens is 2. The van der Waals surface area contributed by atoms with Crippen LogP contribution < -0.4 is 5.32 Å². The van der Waals surface area contributed by atoms with Crippen LogP contribution in [-0.4, -0.2) is 39.1 Å². The molecule has 1 fully saturated rings. The number of carbonyl (C=O) groups is 2. The molecule has 0 aliphatic carbocycles. The Kier molecular flexibility index (Phi) is 3.87. The molecule has 0 bridgehead atoms. The quantitative estimate of drug-likeness (QED) is 0.850. The van der Waals surface area contributed by atoms with Crippen molar-refractivity contribution in [1.29, 1.82) is 0 Å². The molecule has 1 aliphatic rings. The summed E-state index contributed by atoms with van der Waals surface area (Å²) in [5.74, 6) is 0.0486. The van der Waals surface area contributed by atoms with Gasteiger partial charge in [-0.25, -0.2) is 0 Å². The lowest BCUT2D eigenvalue weighted by Gasteiger charge is -2.37. The lowest BCUT2D eigenvalue weighted by atomic mass is 9.94. The molecular weight excluding hydrogens is 244 g/mol. The summed E-state index contributed by atoms with van der Waals surface area (Å²) in [5.41, 5.74) is 0.943. The van der Waals surface area contributed by atoms with Crippen molar-refractivity contribution in [3.05, 3.63) is 18.0 Å². The van der Waals surface area contributed by atoms with Gasteiger partial charge in [0.05, 0.1) is 12.7 Å². The number of nitrogens with one attached hydrogen (secondary N) is 1. The molecule has 1 aliphatic heterocycles. The average Bonchev–Trinajstić information content (AvgIpc) is 2.79. The lowest BCUT2D eigenvalue weighted by molar-refractivity contribution is -0.148. The molecule has 0 aromatic carbocycles. The van der Waals surface area contributed by atoms with Crippen molar-refractivity contribution in [3.8, 4) is 0 Å². The maximum atomic E-state index is 12.1. The van der Waals surface area contributed by atoms with Gasteiger partial charge in [0.2, 0.25) is 11.8 Å². The van der Waals surface area contributed by atoms with Gasteiger partial charge in [0.1, 0.15) is 6.04 Å². The van der Waals surface area contributed by atoms with Crippen LogP contribution in [0.15, 0.2) is 12.4 Å². The van der Waals surface area contributed by atoms with Crippen LogP contribution in [0.4, 0.5) is 0 Å². The molecular formula is C13H20N4O2. The maximum absolute atomic E-state index is 12.1. The Morgan fingerprint density at radius 1 is 1.53 bits per heavy atom. The standard InChI is InChI=1S/C13H20N4O2/c1-4-9(2)12-13(19)14-6-11(18)17(12)8-10-5-15-16(3)7-10/h5,7,9,12H,4,6,8H2,1-3H3,(H,14,19). The smallest absolute Gasteiger partial charge is 0.243 e. The summed E-state index contributed by atoms with van der Waals surface area (Å²) in [4.78, 5) is 25.8. The van der Waals surface area contributed by atoms with E-state index in [2.05, 4.69) is 10.4 Å². The fraction of sp³-hybridized carbons (Fsp3) is 0.615. The summed E-state index contributed by atoms with van der Waals surface area (Å²) in [6.45, 7) is 4.56. The fourth-order valence-electron chi connectivity index (χ4n) is 2.39. The van der Waals surface area contributed by atoms with Gasteiger partial charge in [-0.15, -0.1) is 0 Å². The number of nitrogens with zero attached hydrogens (tertiary/aromatic N) is 3. The first kappa shape index (κ1) is 13.6. The Balaban J connectivity index is 2.21. The van der Waals surface area contributed by atoms with E-state index in [9.17, 15) is 9.59 Å². The van der Waals surface area contributed by atoms with Gasteiger partial charge in [-0.3, -0.25) is 14.3 Å². The molecule has 0 spiro atoms. The Bertz CT molecular complexity index is 483. The SMILES string of the molecule is CCC(C)C1C(=O)NCC(=O)N1Cc1cnn(C)c1. The first-order chi connectivity index (χ1) is 9.02. The first-order valence-electron chi connectivity index (χ1n) is 6.57. The van der Waals surface area contributed by atoms with Gasteiger partial charge in [0.25, 0.3) is 0 Å². The van der Waals surface area contributed by atoms with Crippen LogP contribution in [0, 0.1) is 5.92 Å². The zero-order valence-corrected chi connectivity index (χ0v) is 11.6. The highest BCUT2D eigenvalue weighted by atomic mass is 16.2. The predicted molar refractivity (Wildman–Crippen MR) is 70.0 cm³/mol. The Hall–Kier alpha value is -1.85. The molecule has 2 heterocycles. The zero-order chi connectivity index (χ0) is 14.0. The molecule has 6 nitrogen and oxygen atoms in total. The Labute approximate surface area is 112 Å². The van der Waals surface area contributed by atoms with E-state index < -0.39 is 0 Å². The van der Waals surface area contributed by atoms with Crippen LogP contribution >= 0.6 is 0 Å². The van der Waals surface area contributed by atoms with Crippen molar-refractivity contribution in [3.63, 3.8) is 0 Å². The first-order valence-corrected chi connectivity index (χ1v) is 6.57. The van der Waals surface area contributed by atoms with E-state index in [1.165, 1.54) is 0 Å². The number of piperazine rings is 1. The highest BCUT2D eigenvalue weighted by Crippen LogP contribution is 2.20. The Morgan fingerprint density at radius 3 is 2.84 bits per heavy atom. The third-order valence-corrected chi connectivity index (χ3v) is 3.63. The molecule has 19 heavy (non-hydrogen) atoms. The number of hydrogen-bond acceptors (Lipinski definition) is 3. The van der Waals surface area contributed by atoms with Crippen LogP contribution in [0.5, 0.6) is 0 Å². The number of aryl methyl sites for hydroxylation is 1. The Morgan fingerprint density at radius 2 is 2.26 bits per heavy atom. The number of rotatable bonds is 4. The molecule has 1 aromatic heterocycles. The molecule has 2 amide bonds. The molecule has 2 rings (SSSR count). The molecule has 1 aromatic rings. The summed E-state index contributed by atoms with van der Waals surface area (Å²) in [6, 6.07) is -0.383. The van der Waals surface area contributed by atoms with Crippen molar-refractivity contribution < 1.29 is 9.59 Å². The molecule has 104 valence electrons. The van der Waals surface area contributed by atoms with Crippen molar-refractivity contribution in [2.45, 2.75) is 32.9 Å². The molecule has 2 unspecified atom stereocenters. The molecule has 1 saturated heterocycles. The van der Waals surface area contributed by atoms with Gasteiger partial charge < -0.3 is 10.2 Å². The normalized spacial score (nSPS) is 21.4.